The monoisotopic (exact) mass is 629 g/mol. The highest BCUT2D eigenvalue weighted by Gasteiger charge is 2.60. The molecule has 0 aromatic carbocycles. The molecule has 2 amide bonds. The van der Waals surface area contributed by atoms with E-state index in [0.29, 0.717) is 30.0 Å². The molecule has 6 atom stereocenters. The zero-order chi connectivity index (χ0) is 32.8. The van der Waals surface area contributed by atoms with Crippen molar-refractivity contribution in [2.45, 2.75) is 111 Å². The molecule has 0 bridgehead atoms. The molecule has 0 aromatic rings. The Morgan fingerprint density at radius 1 is 1.14 bits per heavy atom. The molecule has 43 heavy (non-hydrogen) atoms. The van der Waals surface area contributed by atoms with Gasteiger partial charge in [-0.2, -0.15) is 0 Å². The molecule has 3 aliphatic rings. The van der Waals surface area contributed by atoms with Gasteiger partial charge in [0.25, 0.3) is 0 Å². The molecule has 3 N–H and O–H groups in total. The van der Waals surface area contributed by atoms with Crippen LogP contribution in [0.3, 0.4) is 0 Å². The lowest BCUT2D eigenvalue weighted by Crippen LogP contribution is -2.63. The van der Waals surface area contributed by atoms with Crippen molar-refractivity contribution < 1.29 is 43.6 Å². The number of nitrogens with one attached hydrogen (secondary N) is 1. The van der Waals surface area contributed by atoms with E-state index in [1.807, 2.05) is 6.92 Å². The van der Waals surface area contributed by atoms with Gasteiger partial charge in [0.15, 0.2) is 0 Å². The minimum absolute atomic E-state index is 0.0388. The lowest BCUT2D eigenvalue weighted by molar-refractivity contribution is -0.163. The zero-order valence-electron chi connectivity index (χ0n) is 27.2. The van der Waals surface area contributed by atoms with E-state index in [4.69, 9.17) is 14.2 Å². The number of nitrogens with zero attached hydrogens (tertiary/aromatic N) is 2. The number of carboxylic acid groups (broad SMARTS) is 1. The number of esters is 1. The predicted molar refractivity (Wildman–Crippen MR) is 163 cm³/mol. The van der Waals surface area contributed by atoms with Gasteiger partial charge in [0.1, 0.15) is 5.70 Å². The fourth-order valence-corrected chi connectivity index (χ4v) is 7.23. The molecular weight excluding hydrogens is 578 g/mol. The number of amides is 2. The molecular formula is C30H51N3O9S. The summed E-state index contributed by atoms with van der Waals surface area (Å²) in [7, 11) is 0. The first-order valence-corrected chi connectivity index (χ1v) is 15.9. The molecule has 0 aliphatic carbocycles. The van der Waals surface area contributed by atoms with Gasteiger partial charge in [-0.05, 0) is 68.4 Å². The van der Waals surface area contributed by atoms with E-state index in [1.54, 1.807) is 20.8 Å². The standard InChI is InChI=1S/C22H32N2O9S.C8H19N/c1-10-15-14(11(2)25)18(26)24(15)16(19(27)28)17(10)34-13-6-7-31-12(13)8-23-21(30)33-9-32-20(29)22(3,4)5;1-6-9(7(2)3)8(4)5/h10-15,25H,6-9H2,1-5H3,(H,23,30)(H,27,28);7-8H,6H2,1-5H3/t10-,11-,12-,13-,14-,15?;/m1./s1. The van der Waals surface area contributed by atoms with E-state index in [9.17, 15) is 29.4 Å². The Morgan fingerprint density at radius 3 is 2.21 bits per heavy atom. The Balaban J connectivity index is 0.000000621. The summed E-state index contributed by atoms with van der Waals surface area (Å²) in [5.41, 5.74) is -0.748. The van der Waals surface area contributed by atoms with E-state index in [0.717, 1.165) is 6.54 Å². The van der Waals surface area contributed by atoms with Crippen LogP contribution in [0.1, 0.15) is 75.7 Å². The minimum Gasteiger partial charge on any atom is -0.477 e. The maximum atomic E-state index is 12.5. The number of rotatable bonds is 11. The smallest absolute Gasteiger partial charge is 0.410 e. The second kappa shape index (κ2) is 15.6. The minimum atomic E-state index is -1.18. The Bertz CT molecular complexity index is 1030. The summed E-state index contributed by atoms with van der Waals surface area (Å²) in [4.78, 5) is 52.5. The van der Waals surface area contributed by atoms with Crippen molar-refractivity contribution in [3.8, 4) is 0 Å². The van der Waals surface area contributed by atoms with Crippen molar-refractivity contribution >= 4 is 35.7 Å². The van der Waals surface area contributed by atoms with Crippen molar-refractivity contribution in [3.63, 3.8) is 0 Å². The van der Waals surface area contributed by atoms with Crippen LogP contribution in [0.25, 0.3) is 0 Å². The van der Waals surface area contributed by atoms with Crippen LogP contribution >= 0.6 is 11.8 Å². The summed E-state index contributed by atoms with van der Waals surface area (Å²) in [5, 5.41) is 22.2. The second-order valence-electron chi connectivity index (χ2n) is 12.8. The summed E-state index contributed by atoms with van der Waals surface area (Å²) in [6, 6.07) is 0.996. The Labute approximate surface area is 259 Å². The molecule has 2 saturated heterocycles. The van der Waals surface area contributed by atoms with Gasteiger partial charge in [-0.25, -0.2) is 9.59 Å². The van der Waals surface area contributed by atoms with Gasteiger partial charge in [0.2, 0.25) is 12.7 Å². The van der Waals surface area contributed by atoms with E-state index < -0.39 is 48.4 Å². The highest BCUT2D eigenvalue weighted by molar-refractivity contribution is 8.03. The zero-order valence-corrected chi connectivity index (χ0v) is 28.0. The Hall–Kier alpha value is -2.35. The number of hydrogen-bond acceptors (Lipinski definition) is 10. The van der Waals surface area contributed by atoms with Gasteiger partial charge in [-0.1, -0.05) is 13.8 Å². The van der Waals surface area contributed by atoms with E-state index in [1.165, 1.54) is 23.6 Å². The molecule has 3 aliphatic heterocycles. The fourth-order valence-electron chi connectivity index (χ4n) is 5.71. The first-order chi connectivity index (χ1) is 19.9. The summed E-state index contributed by atoms with van der Waals surface area (Å²) in [6.07, 6.45) is -1.40. The number of ether oxygens (including phenoxy) is 3. The van der Waals surface area contributed by atoms with Gasteiger partial charge in [-0.15, -0.1) is 11.8 Å². The fraction of sp³-hybridized carbons (Fsp3) is 0.800. The van der Waals surface area contributed by atoms with Gasteiger partial charge in [0, 0.05) is 41.3 Å². The Morgan fingerprint density at radius 2 is 1.74 bits per heavy atom. The molecule has 0 saturated carbocycles. The maximum Gasteiger partial charge on any atom is 0.410 e. The first kappa shape index (κ1) is 36.8. The third-order valence-electron chi connectivity index (χ3n) is 7.87. The molecule has 246 valence electrons. The number of thioether (sulfide) groups is 1. The molecule has 0 radical (unpaired) electrons. The van der Waals surface area contributed by atoms with Crippen LogP contribution in [-0.2, 0) is 28.6 Å². The highest BCUT2D eigenvalue weighted by Crippen LogP contribution is 2.52. The van der Waals surface area contributed by atoms with Crippen LogP contribution in [-0.4, -0.2) is 106 Å². The van der Waals surface area contributed by atoms with Gasteiger partial charge < -0.3 is 34.6 Å². The summed E-state index contributed by atoms with van der Waals surface area (Å²) in [5.74, 6) is -2.93. The summed E-state index contributed by atoms with van der Waals surface area (Å²) >= 11 is 1.34. The van der Waals surface area contributed by atoms with Crippen LogP contribution < -0.4 is 5.32 Å². The van der Waals surface area contributed by atoms with Crippen molar-refractivity contribution in [1.82, 2.24) is 15.1 Å². The van der Waals surface area contributed by atoms with E-state index in [-0.39, 0.29) is 35.4 Å². The topological polar surface area (TPSA) is 155 Å². The first-order valence-electron chi connectivity index (χ1n) is 15.0. The lowest BCUT2D eigenvalue weighted by atomic mass is 9.79. The van der Waals surface area contributed by atoms with Gasteiger partial charge >= 0.3 is 18.0 Å². The molecule has 3 heterocycles. The summed E-state index contributed by atoms with van der Waals surface area (Å²) in [6.45, 7) is 20.8. The molecule has 13 heteroatoms. The molecule has 0 aromatic heterocycles. The number of carbonyl (C=O) groups excluding carboxylic acids is 3. The molecule has 3 rings (SSSR count). The van der Waals surface area contributed by atoms with Crippen LogP contribution in [0.15, 0.2) is 10.6 Å². The number of aliphatic hydroxyl groups excluding tert-OH is 1. The van der Waals surface area contributed by atoms with Gasteiger partial charge in [-0.3, -0.25) is 14.5 Å². The van der Waals surface area contributed by atoms with Crippen molar-refractivity contribution in [1.29, 1.82) is 0 Å². The van der Waals surface area contributed by atoms with Crippen molar-refractivity contribution in [2.24, 2.45) is 17.3 Å². The number of fused-ring (bicyclic) bond motifs is 1. The van der Waals surface area contributed by atoms with Crippen LogP contribution in [0, 0.1) is 17.3 Å². The van der Waals surface area contributed by atoms with E-state index in [2.05, 4.69) is 44.8 Å². The molecule has 1 unspecified atom stereocenters. The van der Waals surface area contributed by atoms with Crippen LogP contribution in [0.5, 0.6) is 0 Å². The largest absolute Gasteiger partial charge is 0.477 e. The van der Waals surface area contributed by atoms with Crippen LogP contribution in [0.2, 0.25) is 0 Å². The second-order valence-corrected chi connectivity index (χ2v) is 14.0. The normalized spacial score (nSPS) is 25.8. The van der Waals surface area contributed by atoms with Crippen molar-refractivity contribution in [2.75, 3.05) is 26.5 Å². The molecule has 2 fully saturated rings. The van der Waals surface area contributed by atoms with E-state index >= 15 is 0 Å². The number of carbonyl (C=O) groups is 4. The molecule has 0 spiro atoms. The number of aliphatic carboxylic acids is 1. The number of alkyl carbamates (subject to hydrolysis) is 1. The number of β-lactam (4-membered cyclic amide) rings is 1. The number of hydrogen-bond donors (Lipinski definition) is 3. The maximum absolute atomic E-state index is 12.5. The quantitative estimate of drug-likeness (QED) is 0.175. The average Bonchev–Trinajstić information content (AvgIpc) is 3.42. The number of carboxylic acids is 1. The summed E-state index contributed by atoms with van der Waals surface area (Å²) < 4.78 is 15.5. The van der Waals surface area contributed by atoms with Crippen LogP contribution in [0.4, 0.5) is 4.79 Å². The Kier molecular flexibility index (Phi) is 13.4. The highest BCUT2D eigenvalue weighted by atomic mass is 32.2. The third-order valence-corrected chi connectivity index (χ3v) is 9.53. The SMILES string of the molecule is CCN(C(C)C)C(C)C.C[C@H]1C(S[C@@H]2CCO[C@@H]2CNC(=O)OCOC(=O)C(C)(C)C)=C(C(=O)O)N2C(=O)[C@H]([C@@H](C)O)C12. The van der Waals surface area contributed by atoms with Gasteiger partial charge in [0.05, 0.1) is 29.6 Å². The third kappa shape index (κ3) is 9.09. The molecule has 12 nitrogen and oxygen atoms in total. The average molecular weight is 630 g/mol. The lowest BCUT2D eigenvalue weighted by Gasteiger charge is -2.46. The van der Waals surface area contributed by atoms with Crippen molar-refractivity contribution in [3.05, 3.63) is 10.6 Å². The predicted octanol–water partition coefficient (Wildman–Crippen LogP) is 3.43. The number of aliphatic hydroxyl groups is 1.